The number of aryl methyl sites for hydroxylation is 4. The number of carbonyl (C=O) groups is 1. The van der Waals surface area contributed by atoms with Crippen LogP contribution in [0.3, 0.4) is 0 Å². The molecule has 2 aromatic heterocycles. The first-order chi connectivity index (χ1) is 16.9. The smallest absolute Gasteiger partial charge is 0.312 e. The van der Waals surface area contributed by atoms with Gasteiger partial charge >= 0.3 is 5.97 Å². The Morgan fingerprint density at radius 1 is 1.03 bits per heavy atom. The Morgan fingerprint density at radius 2 is 1.83 bits per heavy atom. The number of carbonyl (C=O) groups excluding carboxylic acids is 1. The number of nitrogens with zero attached hydrogens (tertiary/aromatic N) is 2. The molecule has 2 aliphatic heterocycles. The summed E-state index contributed by atoms with van der Waals surface area (Å²) in [5, 5.41) is 10.5. The number of hydrogen-bond acceptors (Lipinski definition) is 5. The molecule has 0 bridgehead atoms. The van der Waals surface area contributed by atoms with Gasteiger partial charge in [0.25, 0.3) is 11.1 Å². The Balaban J connectivity index is 1.47. The van der Waals surface area contributed by atoms with E-state index in [1.807, 2.05) is 43.3 Å². The van der Waals surface area contributed by atoms with E-state index < -0.39 is 11.9 Å². The van der Waals surface area contributed by atoms with E-state index >= 15 is 0 Å². The van der Waals surface area contributed by atoms with Crippen molar-refractivity contribution in [2.45, 2.75) is 45.2 Å². The number of rotatable bonds is 4. The lowest BCUT2D eigenvalue weighted by atomic mass is 9.86. The molecule has 7 heteroatoms. The van der Waals surface area contributed by atoms with Gasteiger partial charge in [0.1, 0.15) is 11.5 Å². The van der Waals surface area contributed by atoms with E-state index in [9.17, 15) is 19.5 Å². The molecular formula is C28H24N2O5. The predicted octanol–water partition coefficient (Wildman–Crippen LogP) is 3.42. The van der Waals surface area contributed by atoms with Crippen molar-refractivity contribution < 1.29 is 14.6 Å². The molecule has 7 nitrogen and oxygen atoms in total. The highest BCUT2D eigenvalue weighted by molar-refractivity contribution is 5.85. The van der Waals surface area contributed by atoms with Crippen LogP contribution in [-0.2, 0) is 30.7 Å². The van der Waals surface area contributed by atoms with Gasteiger partial charge in [-0.1, -0.05) is 30.3 Å². The van der Waals surface area contributed by atoms with Crippen LogP contribution in [0.5, 0.6) is 11.5 Å². The molecule has 1 atom stereocenters. The summed E-state index contributed by atoms with van der Waals surface area (Å²) in [6.07, 6.45) is 1.34. The summed E-state index contributed by atoms with van der Waals surface area (Å²) >= 11 is 0. The summed E-state index contributed by atoms with van der Waals surface area (Å²) < 4.78 is 8.93. The first-order valence-corrected chi connectivity index (χ1v) is 11.8. The van der Waals surface area contributed by atoms with Gasteiger partial charge in [-0.2, -0.15) is 0 Å². The Morgan fingerprint density at radius 3 is 2.63 bits per heavy atom. The molecule has 0 spiro atoms. The number of benzene rings is 2. The molecule has 1 unspecified atom stereocenters. The van der Waals surface area contributed by atoms with Crippen molar-refractivity contribution in [2.24, 2.45) is 0 Å². The zero-order valence-corrected chi connectivity index (χ0v) is 19.3. The lowest BCUT2D eigenvalue weighted by Crippen LogP contribution is -2.36. The van der Waals surface area contributed by atoms with Gasteiger partial charge in [-0.25, -0.2) is 0 Å². The number of hydrogen-bond donors (Lipinski definition) is 1. The first-order valence-electron chi connectivity index (χ1n) is 11.8. The fourth-order valence-electron chi connectivity index (χ4n) is 5.48. The minimum atomic E-state index is -0.663. The molecule has 0 radical (unpaired) electrons. The molecule has 1 N–H and O–H groups in total. The zero-order valence-electron chi connectivity index (χ0n) is 19.3. The van der Waals surface area contributed by atoms with Crippen LogP contribution < -0.4 is 15.9 Å². The molecule has 2 aliphatic rings. The quantitative estimate of drug-likeness (QED) is 0.464. The van der Waals surface area contributed by atoms with E-state index in [1.165, 1.54) is 0 Å². The van der Waals surface area contributed by atoms with E-state index in [4.69, 9.17) is 4.74 Å². The fourth-order valence-corrected chi connectivity index (χ4v) is 5.48. The Kier molecular flexibility index (Phi) is 4.88. The van der Waals surface area contributed by atoms with E-state index in [-0.39, 0.29) is 29.0 Å². The summed E-state index contributed by atoms with van der Waals surface area (Å²) in [5.74, 6) is -0.677. The van der Waals surface area contributed by atoms with Crippen molar-refractivity contribution in [3.05, 3.63) is 103 Å². The van der Waals surface area contributed by atoms with E-state index in [2.05, 4.69) is 0 Å². The van der Waals surface area contributed by atoms with Crippen LogP contribution in [0.2, 0.25) is 0 Å². The van der Waals surface area contributed by atoms with Crippen molar-refractivity contribution in [1.82, 2.24) is 9.13 Å². The Bertz CT molecular complexity index is 1630. The van der Waals surface area contributed by atoms with Crippen LogP contribution >= 0.6 is 0 Å². The number of phenolic OH excluding ortho intramolecular Hbond substituents is 1. The molecule has 4 heterocycles. The second-order valence-corrected chi connectivity index (χ2v) is 9.33. The molecule has 6 rings (SSSR count). The maximum Gasteiger partial charge on any atom is 0.312 e. The van der Waals surface area contributed by atoms with Gasteiger partial charge in [0, 0.05) is 36.3 Å². The van der Waals surface area contributed by atoms with Crippen molar-refractivity contribution in [1.29, 1.82) is 0 Å². The number of aromatic hydroxyl groups is 1. The summed E-state index contributed by atoms with van der Waals surface area (Å²) in [7, 11) is 0. The van der Waals surface area contributed by atoms with E-state index in [1.54, 1.807) is 27.3 Å². The van der Waals surface area contributed by atoms with Gasteiger partial charge in [0.15, 0.2) is 0 Å². The topological polar surface area (TPSA) is 90.5 Å². The molecule has 0 saturated heterocycles. The molecule has 0 fully saturated rings. The molecule has 0 amide bonds. The minimum absolute atomic E-state index is 0.0519. The third-order valence-corrected chi connectivity index (χ3v) is 7.21. The second kappa shape index (κ2) is 7.98. The minimum Gasteiger partial charge on any atom is -0.508 e. The molecular weight excluding hydrogens is 444 g/mol. The number of aromatic nitrogens is 2. The van der Waals surface area contributed by atoms with Crippen LogP contribution in [-0.4, -0.2) is 20.2 Å². The van der Waals surface area contributed by atoms with Crippen LogP contribution in [0.4, 0.5) is 0 Å². The normalized spacial score (nSPS) is 16.4. The van der Waals surface area contributed by atoms with Gasteiger partial charge in [0.05, 0.1) is 17.5 Å². The molecule has 0 aliphatic carbocycles. The standard InChI is InChI=1S/C28H24N2O5/c1-16-13-23-25(28(34)29(16)11-9-17-5-7-20(31)8-6-17)21(15-24(32)35-23)22-14-19-4-2-3-18-10-12-30(26(18)19)27(22)33/h2-8,13-14,21,31H,9-12,15H2,1H3. The van der Waals surface area contributed by atoms with Crippen LogP contribution in [0.15, 0.2) is 64.2 Å². The highest BCUT2D eigenvalue weighted by atomic mass is 16.5. The maximum absolute atomic E-state index is 13.8. The molecule has 2 aromatic carbocycles. The van der Waals surface area contributed by atoms with Crippen LogP contribution in [0.25, 0.3) is 10.9 Å². The Labute approximate surface area is 200 Å². The molecule has 35 heavy (non-hydrogen) atoms. The summed E-state index contributed by atoms with van der Waals surface area (Å²) in [5.41, 5.74) is 4.17. The second-order valence-electron chi connectivity index (χ2n) is 9.33. The Hall–Kier alpha value is -4.13. The lowest BCUT2D eigenvalue weighted by molar-refractivity contribution is -0.135. The molecule has 176 valence electrons. The van der Waals surface area contributed by atoms with Gasteiger partial charge in [0.2, 0.25) is 0 Å². The van der Waals surface area contributed by atoms with Gasteiger partial charge in [-0.3, -0.25) is 14.4 Å². The van der Waals surface area contributed by atoms with Crippen molar-refractivity contribution in [3.8, 4) is 11.5 Å². The largest absolute Gasteiger partial charge is 0.508 e. The summed E-state index contributed by atoms with van der Waals surface area (Å²) in [6, 6.07) is 16.4. The fraction of sp³-hybridized carbons (Fsp3) is 0.250. The third kappa shape index (κ3) is 3.46. The summed E-state index contributed by atoms with van der Waals surface area (Å²) in [4.78, 5) is 39.8. The number of pyridine rings is 2. The SMILES string of the molecule is Cc1cc2c(c(=O)n1CCc1ccc(O)cc1)C(c1cc3cccc4c3n(c1=O)CC4)CC(=O)O2. The van der Waals surface area contributed by atoms with Crippen LogP contribution in [0, 0.1) is 6.92 Å². The van der Waals surface area contributed by atoms with E-state index in [0.717, 1.165) is 28.5 Å². The maximum atomic E-state index is 13.8. The summed E-state index contributed by atoms with van der Waals surface area (Å²) in [6.45, 7) is 2.83. The first kappa shape index (κ1) is 21.4. The molecule has 4 aromatic rings. The van der Waals surface area contributed by atoms with Gasteiger partial charge in [-0.15, -0.1) is 0 Å². The highest BCUT2D eigenvalue weighted by Crippen LogP contribution is 2.37. The third-order valence-electron chi connectivity index (χ3n) is 7.21. The average Bonchev–Trinajstić information content (AvgIpc) is 3.27. The predicted molar refractivity (Wildman–Crippen MR) is 131 cm³/mol. The number of esters is 1. The van der Waals surface area contributed by atoms with E-state index in [0.29, 0.717) is 36.3 Å². The average molecular weight is 469 g/mol. The zero-order chi connectivity index (χ0) is 24.3. The number of fused-ring (bicyclic) bond motifs is 1. The highest BCUT2D eigenvalue weighted by Gasteiger charge is 2.35. The number of para-hydroxylation sites is 1. The van der Waals surface area contributed by atoms with Crippen LogP contribution in [0.1, 0.15) is 40.3 Å². The van der Waals surface area contributed by atoms with Gasteiger partial charge in [-0.05, 0) is 54.5 Å². The number of phenols is 1. The number of ether oxygens (including phenoxy) is 1. The van der Waals surface area contributed by atoms with Gasteiger partial charge < -0.3 is 19.0 Å². The van der Waals surface area contributed by atoms with Crippen molar-refractivity contribution >= 4 is 16.9 Å². The molecule has 0 saturated carbocycles. The lowest BCUT2D eigenvalue weighted by Gasteiger charge is -2.26. The monoisotopic (exact) mass is 468 g/mol. The van der Waals surface area contributed by atoms with Crippen molar-refractivity contribution in [3.63, 3.8) is 0 Å². The van der Waals surface area contributed by atoms with Crippen molar-refractivity contribution in [2.75, 3.05) is 0 Å².